The first kappa shape index (κ1) is 13.1. The van der Waals surface area contributed by atoms with Gasteiger partial charge in [0.15, 0.2) is 0 Å². The summed E-state index contributed by atoms with van der Waals surface area (Å²) in [6.07, 6.45) is 2.16. The lowest BCUT2D eigenvalue weighted by molar-refractivity contribution is -0.138. The van der Waals surface area contributed by atoms with Gasteiger partial charge in [0.05, 0.1) is 12.0 Å². The molecule has 0 bridgehead atoms. The average Bonchev–Trinajstić information content (AvgIpc) is 3.08. The number of aliphatic carboxylic acids is 1. The monoisotopic (exact) mass is 248 g/mol. The molecule has 3 heteroatoms. The van der Waals surface area contributed by atoms with Crippen LogP contribution < -0.4 is 0 Å². The van der Waals surface area contributed by atoms with Crippen molar-refractivity contribution in [3.8, 4) is 0 Å². The van der Waals surface area contributed by atoms with Crippen molar-refractivity contribution in [1.29, 1.82) is 0 Å². The Bertz CT molecular complexity index is 459. The first-order valence-corrected chi connectivity index (χ1v) is 6.28. The van der Waals surface area contributed by atoms with Crippen LogP contribution >= 0.6 is 0 Å². The highest BCUT2D eigenvalue weighted by Crippen LogP contribution is 2.51. The van der Waals surface area contributed by atoms with Crippen LogP contribution in [-0.2, 0) is 20.5 Å². The molecule has 1 N–H and O–H groups in total. The van der Waals surface area contributed by atoms with E-state index in [1.165, 1.54) is 0 Å². The van der Waals surface area contributed by atoms with Crippen LogP contribution in [0.25, 0.3) is 0 Å². The van der Waals surface area contributed by atoms with Gasteiger partial charge in [-0.1, -0.05) is 38.1 Å². The lowest BCUT2D eigenvalue weighted by Crippen LogP contribution is -2.26. The summed E-state index contributed by atoms with van der Waals surface area (Å²) in [5, 5.41) is 9.05. The molecule has 1 aliphatic carbocycles. The zero-order valence-corrected chi connectivity index (χ0v) is 11.2. The minimum atomic E-state index is -0.767. The third-order valence-electron chi connectivity index (χ3n) is 3.84. The molecule has 0 atom stereocenters. The maximum Gasteiger partial charge on any atom is 0.304 e. The van der Waals surface area contributed by atoms with E-state index in [-0.39, 0.29) is 17.4 Å². The summed E-state index contributed by atoms with van der Waals surface area (Å²) in [4.78, 5) is 11.0. The summed E-state index contributed by atoms with van der Waals surface area (Å²) in [6.45, 7) is 3.96. The number of carbonyl (C=O) groups is 1. The molecule has 18 heavy (non-hydrogen) atoms. The summed E-state index contributed by atoms with van der Waals surface area (Å²) in [5.41, 5.74) is 1.69. The van der Waals surface area contributed by atoms with Crippen molar-refractivity contribution in [2.45, 2.75) is 44.1 Å². The van der Waals surface area contributed by atoms with Crippen molar-refractivity contribution >= 4 is 5.97 Å². The number of rotatable bonds is 5. The van der Waals surface area contributed by atoms with E-state index in [1.54, 1.807) is 7.11 Å². The van der Waals surface area contributed by atoms with Crippen molar-refractivity contribution in [3.05, 3.63) is 35.4 Å². The van der Waals surface area contributed by atoms with E-state index in [0.717, 1.165) is 24.0 Å². The van der Waals surface area contributed by atoms with Gasteiger partial charge in [-0.3, -0.25) is 4.79 Å². The van der Waals surface area contributed by atoms with Crippen molar-refractivity contribution in [2.24, 2.45) is 0 Å². The predicted octanol–water partition coefficient (Wildman–Crippen LogP) is 3.07. The van der Waals surface area contributed by atoms with Crippen LogP contribution in [0.15, 0.2) is 24.3 Å². The molecule has 1 aliphatic rings. The van der Waals surface area contributed by atoms with Gasteiger partial charge in [-0.05, 0) is 24.0 Å². The molecule has 3 nitrogen and oxygen atoms in total. The fourth-order valence-electron chi connectivity index (χ4n) is 2.64. The van der Waals surface area contributed by atoms with E-state index in [0.29, 0.717) is 0 Å². The number of benzene rings is 1. The van der Waals surface area contributed by atoms with Crippen molar-refractivity contribution in [3.63, 3.8) is 0 Å². The minimum absolute atomic E-state index is 0.129. The number of ether oxygens (including phenoxy) is 1. The zero-order chi connectivity index (χ0) is 13.4. The van der Waals surface area contributed by atoms with Crippen molar-refractivity contribution in [2.75, 3.05) is 7.11 Å². The van der Waals surface area contributed by atoms with E-state index in [2.05, 4.69) is 6.07 Å². The smallest absolute Gasteiger partial charge is 0.304 e. The summed E-state index contributed by atoms with van der Waals surface area (Å²) in [6, 6.07) is 8.05. The Morgan fingerprint density at radius 2 is 2.00 bits per heavy atom. The first-order valence-electron chi connectivity index (χ1n) is 6.28. The Labute approximate surface area is 108 Å². The van der Waals surface area contributed by atoms with Gasteiger partial charge in [0.1, 0.15) is 0 Å². The molecule has 0 saturated heterocycles. The van der Waals surface area contributed by atoms with Crippen molar-refractivity contribution in [1.82, 2.24) is 0 Å². The Morgan fingerprint density at radius 1 is 1.39 bits per heavy atom. The molecule has 1 fully saturated rings. The SMILES string of the molecule is COC1(c2ccccc2C(C)(C)CC(=O)O)CC1. The molecule has 0 aliphatic heterocycles. The van der Waals surface area contributed by atoms with Crippen LogP contribution in [0.5, 0.6) is 0 Å². The Balaban J connectivity index is 2.42. The molecule has 0 radical (unpaired) electrons. The fourth-order valence-corrected chi connectivity index (χ4v) is 2.64. The number of hydrogen-bond donors (Lipinski definition) is 1. The van der Waals surface area contributed by atoms with Gasteiger partial charge in [-0.15, -0.1) is 0 Å². The maximum atomic E-state index is 11.0. The Hall–Kier alpha value is -1.35. The van der Waals surface area contributed by atoms with Crippen LogP contribution in [0.2, 0.25) is 0 Å². The fraction of sp³-hybridized carbons (Fsp3) is 0.533. The van der Waals surface area contributed by atoms with Gasteiger partial charge in [0, 0.05) is 12.5 Å². The summed E-state index contributed by atoms with van der Waals surface area (Å²) < 4.78 is 5.63. The second kappa shape index (κ2) is 4.39. The topological polar surface area (TPSA) is 46.5 Å². The third kappa shape index (κ3) is 2.27. The molecule has 2 rings (SSSR count). The highest BCUT2D eigenvalue weighted by molar-refractivity contribution is 5.69. The number of carboxylic acids is 1. The van der Waals surface area contributed by atoms with Crippen LogP contribution in [0.3, 0.4) is 0 Å². The van der Waals surface area contributed by atoms with Gasteiger partial charge in [-0.25, -0.2) is 0 Å². The van der Waals surface area contributed by atoms with E-state index < -0.39 is 5.97 Å². The number of methoxy groups -OCH3 is 1. The summed E-state index contributed by atoms with van der Waals surface area (Å²) in [7, 11) is 1.73. The molecule has 0 aromatic heterocycles. The second-order valence-electron chi connectivity index (χ2n) is 5.70. The van der Waals surface area contributed by atoms with Gasteiger partial charge in [-0.2, -0.15) is 0 Å². The van der Waals surface area contributed by atoms with E-state index in [1.807, 2.05) is 32.0 Å². The normalized spacial score (nSPS) is 17.5. The van der Waals surface area contributed by atoms with Gasteiger partial charge in [0.25, 0.3) is 0 Å². The highest BCUT2D eigenvalue weighted by Gasteiger charge is 2.47. The highest BCUT2D eigenvalue weighted by atomic mass is 16.5. The molecule has 0 unspecified atom stereocenters. The lowest BCUT2D eigenvalue weighted by atomic mass is 9.77. The predicted molar refractivity (Wildman–Crippen MR) is 69.6 cm³/mol. The molecule has 0 spiro atoms. The van der Waals surface area contributed by atoms with Gasteiger partial charge in [0.2, 0.25) is 0 Å². The lowest BCUT2D eigenvalue weighted by Gasteiger charge is -2.29. The van der Waals surface area contributed by atoms with Crippen LogP contribution in [-0.4, -0.2) is 18.2 Å². The molecular weight excluding hydrogens is 228 g/mol. The average molecular weight is 248 g/mol. The molecule has 98 valence electrons. The first-order chi connectivity index (χ1) is 8.41. The second-order valence-corrected chi connectivity index (χ2v) is 5.70. The minimum Gasteiger partial charge on any atom is -0.481 e. The molecule has 0 amide bonds. The zero-order valence-electron chi connectivity index (χ0n) is 11.2. The maximum absolute atomic E-state index is 11.0. The molecule has 1 aromatic carbocycles. The van der Waals surface area contributed by atoms with Gasteiger partial charge < -0.3 is 9.84 Å². The molecular formula is C15H20O3. The third-order valence-corrected chi connectivity index (χ3v) is 3.84. The largest absolute Gasteiger partial charge is 0.481 e. The molecule has 1 saturated carbocycles. The van der Waals surface area contributed by atoms with E-state index >= 15 is 0 Å². The standard InChI is InChI=1S/C15H20O3/c1-14(2,10-13(16)17)11-6-4-5-7-12(11)15(18-3)8-9-15/h4-7H,8-10H2,1-3H3,(H,16,17). The van der Waals surface area contributed by atoms with E-state index in [4.69, 9.17) is 9.84 Å². The Kier molecular flexibility index (Phi) is 3.20. The van der Waals surface area contributed by atoms with Crippen LogP contribution in [0.4, 0.5) is 0 Å². The summed E-state index contributed by atoms with van der Waals surface area (Å²) >= 11 is 0. The van der Waals surface area contributed by atoms with E-state index in [9.17, 15) is 4.79 Å². The quantitative estimate of drug-likeness (QED) is 0.871. The number of carboxylic acid groups (broad SMARTS) is 1. The Morgan fingerprint density at radius 3 is 2.50 bits per heavy atom. The molecule has 0 heterocycles. The van der Waals surface area contributed by atoms with Crippen LogP contribution in [0, 0.1) is 0 Å². The summed E-state index contributed by atoms with van der Waals surface area (Å²) in [5.74, 6) is -0.767. The number of hydrogen-bond acceptors (Lipinski definition) is 2. The van der Waals surface area contributed by atoms with Crippen molar-refractivity contribution < 1.29 is 14.6 Å². The molecule has 1 aromatic rings. The van der Waals surface area contributed by atoms with Crippen LogP contribution in [0.1, 0.15) is 44.2 Å². The van der Waals surface area contributed by atoms with Gasteiger partial charge >= 0.3 is 5.97 Å².